The summed E-state index contributed by atoms with van der Waals surface area (Å²) in [6.07, 6.45) is 0. The van der Waals surface area contributed by atoms with Gasteiger partial charge in [0.05, 0.1) is 0 Å². The Labute approximate surface area is 123 Å². The Morgan fingerprint density at radius 2 is 1.75 bits per heavy atom. The van der Waals surface area contributed by atoms with Crippen molar-refractivity contribution in [3.05, 3.63) is 35.9 Å². The van der Waals surface area contributed by atoms with Gasteiger partial charge in [0.15, 0.2) is 0 Å². The average Bonchev–Trinajstić information content (AvgIpc) is 2.37. The summed E-state index contributed by atoms with van der Waals surface area (Å²) in [7, 11) is 0. The van der Waals surface area contributed by atoms with Crippen LogP contribution in [0.4, 0.5) is 11.8 Å². The molecule has 1 aromatic heterocycles. The van der Waals surface area contributed by atoms with Crippen molar-refractivity contribution < 1.29 is 0 Å². The van der Waals surface area contributed by atoms with Gasteiger partial charge in [0.1, 0.15) is 10.8 Å². The van der Waals surface area contributed by atoms with E-state index >= 15 is 0 Å². The summed E-state index contributed by atoms with van der Waals surface area (Å²) >= 11 is 1.52. The number of hydrazine groups is 1. The molecule has 0 saturated heterocycles. The van der Waals surface area contributed by atoms with Crippen LogP contribution in [0.25, 0.3) is 0 Å². The van der Waals surface area contributed by atoms with Gasteiger partial charge in [-0.2, -0.15) is 4.98 Å². The molecule has 20 heavy (non-hydrogen) atoms. The van der Waals surface area contributed by atoms with Gasteiger partial charge in [-0.15, -0.1) is 0 Å². The van der Waals surface area contributed by atoms with E-state index in [9.17, 15) is 0 Å². The monoisotopic (exact) mass is 289 g/mol. The van der Waals surface area contributed by atoms with Gasteiger partial charge in [0, 0.05) is 11.0 Å². The maximum Gasteiger partial charge on any atom is 0.223 e. The molecule has 0 saturated carbocycles. The maximum atomic E-state index is 5.64. The molecule has 0 radical (unpaired) electrons. The second kappa shape index (κ2) is 5.68. The van der Waals surface area contributed by atoms with Crippen molar-refractivity contribution in [2.75, 3.05) is 11.2 Å². The molecule has 5 N–H and O–H groups in total. The zero-order valence-electron chi connectivity index (χ0n) is 11.8. The average molecular weight is 289 g/mol. The Morgan fingerprint density at radius 1 is 1.10 bits per heavy atom. The zero-order valence-corrected chi connectivity index (χ0v) is 12.7. The highest BCUT2D eigenvalue weighted by Gasteiger charge is 2.13. The highest BCUT2D eigenvalue weighted by Crippen LogP contribution is 2.30. The van der Waals surface area contributed by atoms with Crippen LogP contribution in [-0.4, -0.2) is 9.97 Å². The van der Waals surface area contributed by atoms with Gasteiger partial charge in [0.2, 0.25) is 5.95 Å². The Morgan fingerprint density at radius 3 is 2.30 bits per heavy atom. The molecule has 0 aliphatic carbocycles. The zero-order chi connectivity index (χ0) is 14.8. The summed E-state index contributed by atoms with van der Waals surface area (Å²) in [5, 5.41) is 0.758. The molecule has 5 nitrogen and oxygen atoms in total. The largest absolute Gasteiger partial charge is 0.368 e. The lowest BCUT2D eigenvalue weighted by Crippen LogP contribution is -2.10. The molecule has 0 bridgehead atoms. The van der Waals surface area contributed by atoms with E-state index in [1.54, 1.807) is 6.07 Å². The molecule has 2 rings (SSSR count). The highest BCUT2D eigenvalue weighted by atomic mass is 32.2. The van der Waals surface area contributed by atoms with E-state index in [2.05, 4.69) is 60.4 Å². The number of aromatic nitrogens is 2. The standard InChI is InChI=1S/C14H19N5S/c1-14(2,3)9-4-6-10(7-5-9)20-12-8-11(19-16)17-13(15)18-12/h4-8H,16H2,1-3H3,(H3,15,17,18,19). The van der Waals surface area contributed by atoms with Crippen LogP contribution in [0.2, 0.25) is 0 Å². The third-order valence-electron chi connectivity index (χ3n) is 2.81. The number of rotatable bonds is 3. The van der Waals surface area contributed by atoms with E-state index in [1.807, 2.05) is 0 Å². The fourth-order valence-electron chi connectivity index (χ4n) is 1.71. The number of nitrogen functional groups attached to an aromatic ring is 2. The van der Waals surface area contributed by atoms with E-state index in [4.69, 9.17) is 11.6 Å². The lowest BCUT2D eigenvalue weighted by atomic mass is 9.87. The predicted octanol–water partition coefficient (Wildman–Crippen LogP) is 2.79. The van der Waals surface area contributed by atoms with Crippen LogP contribution >= 0.6 is 11.8 Å². The summed E-state index contributed by atoms with van der Waals surface area (Å²) in [6.45, 7) is 6.58. The Hall–Kier alpha value is -1.79. The normalized spacial score (nSPS) is 11.4. The van der Waals surface area contributed by atoms with Crippen molar-refractivity contribution in [3.8, 4) is 0 Å². The van der Waals surface area contributed by atoms with Crippen LogP contribution in [0.5, 0.6) is 0 Å². The first-order chi connectivity index (χ1) is 9.38. The predicted molar refractivity (Wildman–Crippen MR) is 83.5 cm³/mol. The minimum atomic E-state index is 0.152. The summed E-state index contributed by atoms with van der Waals surface area (Å²) in [4.78, 5) is 9.24. The van der Waals surface area contributed by atoms with Gasteiger partial charge < -0.3 is 11.2 Å². The Balaban J connectivity index is 2.20. The van der Waals surface area contributed by atoms with Gasteiger partial charge in [-0.3, -0.25) is 0 Å². The van der Waals surface area contributed by atoms with Gasteiger partial charge in [-0.1, -0.05) is 44.7 Å². The maximum absolute atomic E-state index is 5.64. The molecule has 6 heteroatoms. The third kappa shape index (κ3) is 3.61. The van der Waals surface area contributed by atoms with Gasteiger partial charge >= 0.3 is 0 Å². The summed E-state index contributed by atoms with van der Waals surface area (Å²) < 4.78 is 0. The number of hydrogen-bond donors (Lipinski definition) is 3. The molecule has 2 aromatic rings. The first-order valence-corrected chi connectivity index (χ1v) is 7.10. The van der Waals surface area contributed by atoms with Crippen molar-refractivity contribution in [3.63, 3.8) is 0 Å². The van der Waals surface area contributed by atoms with E-state index in [0.717, 1.165) is 9.92 Å². The van der Waals surface area contributed by atoms with E-state index < -0.39 is 0 Å². The number of hydrogen-bond acceptors (Lipinski definition) is 6. The number of nitrogens with zero attached hydrogens (tertiary/aromatic N) is 2. The first-order valence-electron chi connectivity index (χ1n) is 6.28. The summed E-state index contributed by atoms with van der Waals surface area (Å²) in [6, 6.07) is 10.2. The van der Waals surface area contributed by atoms with E-state index in [1.165, 1.54) is 17.3 Å². The van der Waals surface area contributed by atoms with Crippen molar-refractivity contribution in [2.24, 2.45) is 5.84 Å². The molecule has 1 aromatic carbocycles. The molecular formula is C14H19N5S. The Kier molecular flexibility index (Phi) is 4.15. The number of nitrogens with one attached hydrogen (secondary N) is 1. The molecule has 1 heterocycles. The molecule has 0 atom stereocenters. The lowest BCUT2D eigenvalue weighted by molar-refractivity contribution is 0.590. The van der Waals surface area contributed by atoms with Crippen LogP contribution in [-0.2, 0) is 5.41 Å². The minimum absolute atomic E-state index is 0.152. The molecule has 0 unspecified atom stereocenters. The quantitative estimate of drug-likeness (QED) is 0.457. The smallest absolute Gasteiger partial charge is 0.223 e. The molecule has 0 fully saturated rings. The van der Waals surface area contributed by atoms with Gasteiger partial charge in [-0.05, 0) is 23.1 Å². The van der Waals surface area contributed by atoms with Crippen LogP contribution in [0.3, 0.4) is 0 Å². The molecule has 106 valence electrons. The molecular weight excluding hydrogens is 270 g/mol. The van der Waals surface area contributed by atoms with Crippen LogP contribution in [0, 0.1) is 0 Å². The minimum Gasteiger partial charge on any atom is -0.368 e. The topological polar surface area (TPSA) is 89.8 Å². The van der Waals surface area contributed by atoms with Crippen LogP contribution in [0.1, 0.15) is 26.3 Å². The highest BCUT2D eigenvalue weighted by molar-refractivity contribution is 7.99. The van der Waals surface area contributed by atoms with E-state index in [0.29, 0.717) is 5.82 Å². The third-order valence-corrected chi connectivity index (χ3v) is 3.74. The summed E-state index contributed by atoms with van der Waals surface area (Å²) in [5.41, 5.74) is 9.57. The van der Waals surface area contributed by atoms with E-state index in [-0.39, 0.29) is 11.4 Å². The van der Waals surface area contributed by atoms with Crippen molar-refractivity contribution >= 4 is 23.5 Å². The SMILES string of the molecule is CC(C)(C)c1ccc(Sc2cc(NN)nc(N)n2)cc1. The fraction of sp³-hybridized carbons (Fsp3) is 0.286. The molecule has 0 aliphatic rings. The van der Waals surface area contributed by atoms with Crippen molar-refractivity contribution in [1.29, 1.82) is 0 Å². The van der Waals surface area contributed by atoms with Crippen molar-refractivity contribution in [1.82, 2.24) is 9.97 Å². The number of anilines is 2. The first kappa shape index (κ1) is 14.6. The van der Waals surface area contributed by atoms with Crippen LogP contribution < -0.4 is 17.0 Å². The van der Waals surface area contributed by atoms with Gasteiger partial charge in [-0.25, -0.2) is 10.8 Å². The lowest BCUT2D eigenvalue weighted by Gasteiger charge is -2.19. The fourth-order valence-corrected chi connectivity index (χ4v) is 2.54. The molecule has 0 amide bonds. The van der Waals surface area contributed by atoms with Crippen molar-refractivity contribution in [2.45, 2.75) is 36.1 Å². The molecule has 0 aliphatic heterocycles. The second-order valence-corrected chi connectivity index (χ2v) is 6.56. The Bertz CT molecular complexity index is 590. The van der Waals surface area contributed by atoms with Gasteiger partial charge in [0.25, 0.3) is 0 Å². The van der Waals surface area contributed by atoms with Crippen LogP contribution in [0.15, 0.2) is 40.3 Å². The number of benzene rings is 1. The summed E-state index contributed by atoms with van der Waals surface area (Å²) in [5.74, 6) is 6.05. The number of nitrogens with two attached hydrogens (primary N) is 2. The molecule has 0 spiro atoms. The second-order valence-electron chi connectivity index (χ2n) is 5.47.